The minimum atomic E-state index is -0.530. The third-order valence-electron chi connectivity index (χ3n) is 2.22. The predicted molar refractivity (Wildman–Crippen MR) is 62.4 cm³/mol. The fourth-order valence-corrected chi connectivity index (χ4v) is 1.57. The van der Waals surface area contributed by atoms with E-state index in [-0.39, 0.29) is 0 Å². The molecule has 0 saturated heterocycles. The maximum atomic E-state index is 11.0. The lowest BCUT2D eigenvalue weighted by atomic mass is 10.2. The highest BCUT2D eigenvalue weighted by atomic mass is 35.5. The Bertz CT molecular complexity index is 526. The number of benzene rings is 1. The largest absolute Gasteiger partial charge is 0.275 e. The molecule has 16 heavy (non-hydrogen) atoms. The molecule has 1 aromatic carbocycles. The summed E-state index contributed by atoms with van der Waals surface area (Å²) in [4.78, 5) is 19.4. The summed E-state index contributed by atoms with van der Waals surface area (Å²) < 4.78 is 0. The molecule has 0 radical (unpaired) electrons. The Balaban J connectivity index is 2.46. The van der Waals surface area contributed by atoms with Gasteiger partial charge < -0.3 is 0 Å². The zero-order valence-electron chi connectivity index (χ0n) is 8.64. The first kappa shape index (κ1) is 10.8. The molecule has 0 amide bonds. The molecule has 0 atom stereocenters. The number of carbonyl (C=O) groups excluding carboxylic acids is 1. The highest BCUT2D eigenvalue weighted by Crippen LogP contribution is 2.16. The summed E-state index contributed by atoms with van der Waals surface area (Å²) in [5.74, 6) is 0.597. The van der Waals surface area contributed by atoms with E-state index in [4.69, 9.17) is 11.6 Å². The first-order chi connectivity index (χ1) is 7.68. The fourth-order valence-electron chi connectivity index (χ4n) is 1.39. The number of nitrogens with zero attached hydrogens (tertiary/aromatic N) is 2. The number of aryl methyl sites for hydroxylation is 1. The van der Waals surface area contributed by atoms with Crippen molar-refractivity contribution < 1.29 is 4.79 Å². The average molecular weight is 233 g/mol. The molecule has 1 aromatic heterocycles. The van der Waals surface area contributed by atoms with E-state index in [0.717, 1.165) is 5.56 Å². The number of hydrogen-bond donors (Lipinski definition) is 0. The van der Waals surface area contributed by atoms with E-state index >= 15 is 0 Å². The second kappa shape index (κ2) is 4.41. The van der Waals surface area contributed by atoms with Crippen molar-refractivity contribution in [2.24, 2.45) is 0 Å². The van der Waals surface area contributed by atoms with Crippen LogP contribution in [0.25, 0.3) is 11.4 Å². The lowest BCUT2D eigenvalue weighted by Gasteiger charge is -2.03. The Morgan fingerprint density at radius 2 is 1.94 bits per heavy atom. The molecule has 0 aliphatic rings. The van der Waals surface area contributed by atoms with Crippen molar-refractivity contribution in [1.82, 2.24) is 9.97 Å². The second-order valence-electron chi connectivity index (χ2n) is 3.33. The van der Waals surface area contributed by atoms with E-state index in [1.807, 2.05) is 30.3 Å². The molecule has 2 rings (SSSR count). The van der Waals surface area contributed by atoms with Gasteiger partial charge in [-0.3, -0.25) is 4.79 Å². The van der Waals surface area contributed by atoms with Gasteiger partial charge in [-0.2, -0.15) is 0 Å². The third-order valence-corrected chi connectivity index (χ3v) is 2.43. The van der Waals surface area contributed by atoms with E-state index < -0.39 is 5.24 Å². The van der Waals surface area contributed by atoms with E-state index in [1.54, 1.807) is 6.92 Å². The molecule has 3 nitrogen and oxygen atoms in total. The molecule has 0 aliphatic carbocycles. The van der Waals surface area contributed by atoms with Crippen LogP contribution in [-0.4, -0.2) is 15.2 Å². The van der Waals surface area contributed by atoms with Gasteiger partial charge in [0, 0.05) is 11.8 Å². The van der Waals surface area contributed by atoms with Crippen LogP contribution < -0.4 is 0 Å². The highest BCUT2D eigenvalue weighted by Gasteiger charge is 2.09. The van der Waals surface area contributed by atoms with E-state index in [9.17, 15) is 4.79 Å². The van der Waals surface area contributed by atoms with Gasteiger partial charge in [-0.15, -0.1) is 0 Å². The maximum absolute atomic E-state index is 11.0. The molecule has 0 unspecified atom stereocenters. The van der Waals surface area contributed by atoms with Crippen molar-refractivity contribution in [2.45, 2.75) is 6.92 Å². The van der Waals surface area contributed by atoms with Gasteiger partial charge in [0.1, 0.15) is 0 Å². The number of hydrogen-bond acceptors (Lipinski definition) is 3. The Kier molecular flexibility index (Phi) is 2.97. The normalized spacial score (nSPS) is 10.1. The summed E-state index contributed by atoms with van der Waals surface area (Å²) in [6.07, 6.45) is 1.46. The quantitative estimate of drug-likeness (QED) is 0.748. The molecule has 0 spiro atoms. The number of aromatic nitrogens is 2. The van der Waals surface area contributed by atoms with Gasteiger partial charge in [0.25, 0.3) is 5.24 Å². The van der Waals surface area contributed by atoms with Crippen LogP contribution in [0.2, 0.25) is 0 Å². The van der Waals surface area contributed by atoms with E-state index in [1.165, 1.54) is 6.20 Å². The zero-order valence-corrected chi connectivity index (χ0v) is 9.40. The number of rotatable bonds is 2. The van der Waals surface area contributed by atoms with Gasteiger partial charge in [0.2, 0.25) is 0 Å². The van der Waals surface area contributed by atoms with Crippen LogP contribution in [0.3, 0.4) is 0 Å². The number of halogens is 1. The second-order valence-corrected chi connectivity index (χ2v) is 3.68. The summed E-state index contributed by atoms with van der Waals surface area (Å²) in [5, 5.41) is -0.530. The first-order valence-corrected chi connectivity index (χ1v) is 5.15. The van der Waals surface area contributed by atoms with Gasteiger partial charge in [0.05, 0.1) is 11.3 Å². The summed E-state index contributed by atoms with van der Waals surface area (Å²) >= 11 is 5.39. The van der Waals surface area contributed by atoms with E-state index in [2.05, 4.69) is 9.97 Å². The molecule has 2 aromatic rings. The van der Waals surface area contributed by atoms with Crippen molar-refractivity contribution >= 4 is 16.8 Å². The molecule has 0 fully saturated rings. The predicted octanol–water partition coefficient (Wildman–Crippen LogP) is 2.83. The molecule has 0 bridgehead atoms. The highest BCUT2D eigenvalue weighted by molar-refractivity contribution is 6.67. The van der Waals surface area contributed by atoms with Crippen LogP contribution in [0, 0.1) is 6.92 Å². The molecular weight excluding hydrogens is 224 g/mol. The van der Waals surface area contributed by atoms with Crippen molar-refractivity contribution in [1.29, 1.82) is 0 Å². The summed E-state index contributed by atoms with van der Waals surface area (Å²) in [7, 11) is 0. The monoisotopic (exact) mass is 232 g/mol. The summed E-state index contributed by atoms with van der Waals surface area (Å²) in [6.45, 7) is 1.74. The Hall–Kier alpha value is -1.74. The molecule has 0 aliphatic heterocycles. The lowest BCUT2D eigenvalue weighted by molar-refractivity contribution is 0.108. The van der Waals surface area contributed by atoms with Crippen LogP contribution >= 0.6 is 11.6 Å². The van der Waals surface area contributed by atoms with Crippen molar-refractivity contribution in [2.75, 3.05) is 0 Å². The first-order valence-electron chi connectivity index (χ1n) is 4.77. The molecule has 4 heteroatoms. The average Bonchev–Trinajstić information content (AvgIpc) is 2.29. The zero-order chi connectivity index (χ0) is 11.5. The standard InChI is InChI=1S/C12H9ClN2O/c1-8-10(11(13)16)7-14-12(15-8)9-5-3-2-4-6-9/h2-7H,1H3. The van der Waals surface area contributed by atoms with E-state index in [0.29, 0.717) is 17.1 Å². The third kappa shape index (κ3) is 2.09. The molecule has 1 heterocycles. The van der Waals surface area contributed by atoms with Crippen LogP contribution in [0.15, 0.2) is 36.5 Å². The Morgan fingerprint density at radius 1 is 1.25 bits per heavy atom. The summed E-state index contributed by atoms with van der Waals surface area (Å²) in [5.41, 5.74) is 1.86. The smallest absolute Gasteiger partial charge is 0.255 e. The van der Waals surface area contributed by atoms with Crippen molar-refractivity contribution in [3.63, 3.8) is 0 Å². The molecular formula is C12H9ClN2O. The molecule has 80 valence electrons. The van der Waals surface area contributed by atoms with Crippen LogP contribution in [0.1, 0.15) is 16.1 Å². The SMILES string of the molecule is Cc1nc(-c2ccccc2)ncc1C(=O)Cl. The van der Waals surface area contributed by atoms with Crippen molar-refractivity contribution in [3.8, 4) is 11.4 Å². The number of carbonyl (C=O) groups is 1. The van der Waals surface area contributed by atoms with Crippen LogP contribution in [-0.2, 0) is 0 Å². The van der Waals surface area contributed by atoms with Gasteiger partial charge in [-0.25, -0.2) is 9.97 Å². The Morgan fingerprint density at radius 3 is 2.50 bits per heavy atom. The van der Waals surface area contributed by atoms with Gasteiger partial charge >= 0.3 is 0 Å². The van der Waals surface area contributed by atoms with Crippen LogP contribution in [0.5, 0.6) is 0 Å². The lowest BCUT2D eigenvalue weighted by Crippen LogP contribution is -2.00. The fraction of sp³-hybridized carbons (Fsp3) is 0.0833. The van der Waals surface area contributed by atoms with Gasteiger partial charge in [-0.1, -0.05) is 30.3 Å². The maximum Gasteiger partial charge on any atom is 0.255 e. The summed E-state index contributed by atoms with van der Waals surface area (Å²) in [6, 6.07) is 9.57. The van der Waals surface area contributed by atoms with Gasteiger partial charge in [-0.05, 0) is 18.5 Å². The topological polar surface area (TPSA) is 42.9 Å². The van der Waals surface area contributed by atoms with Gasteiger partial charge in [0.15, 0.2) is 5.82 Å². The van der Waals surface area contributed by atoms with Crippen molar-refractivity contribution in [3.05, 3.63) is 47.8 Å². The Labute approximate surface area is 98.1 Å². The minimum absolute atomic E-state index is 0.348. The molecule has 0 N–H and O–H groups in total. The molecule has 0 saturated carbocycles. The minimum Gasteiger partial charge on any atom is -0.275 e. The van der Waals surface area contributed by atoms with Crippen LogP contribution in [0.4, 0.5) is 0 Å².